The maximum atomic E-state index is 12.6. The van der Waals surface area contributed by atoms with E-state index in [1.54, 1.807) is 6.07 Å². The zero-order valence-corrected chi connectivity index (χ0v) is 12.8. The van der Waals surface area contributed by atoms with Gasteiger partial charge < -0.3 is 5.32 Å². The second-order valence-electron chi connectivity index (χ2n) is 5.42. The topological polar surface area (TPSA) is 71.1 Å². The number of benzene rings is 1. The third kappa shape index (κ3) is 3.01. The monoisotopic (exact) mass is 305 g/mol. The van der Waals surface area contributed by atoms with E-state index in [1.165, 1.54) is 0 Å². The second-order valence-corrected chi connectivity index (χ2v) is 7.39. The van der Waals surface area contributed by atoms with Crippen LogP contribution in [0.15, 0.2) is 30.3 Å². The predicted octanol–water partition coefficient (Wildman–Crippen LogP) is 2.04. The number of fused-ring (bicyclic) bond motifs is 1. The molecule has 1 saturated heterocycles. The SMILES string of the molecule is Cc1cc(NS(=O)(=O)C2CCNCC2)c2ccccc2n1. The Bertz CT molecular complexity index is 753. The summed E-state index contributed by atoms with van der Waals surface area (Å²) in [6, 6.07) is 9.37. The minimum Gasteiger partial charge on any atom is -0.317 e. The van der Waals surface area contributed by atoms with Crippen LogP contribution in [-0.4, -0.2) is 31.7 Å². The highest BCUT2D eigenvalue weighted by atomic mass is 32.2. The van der Waals surface area contributed by atoms with Crippen LogP contribution in [0.3, 0.4) is 0 Å². The molecule has 2 N–H and O–H groups in total. The summed E-state index contributed by atoms with van der Waals surface area (Å²) in [6.07, 6.45) is 1.30. The third-order valence-corrected chi connectivity index (χ3v) is 5.67. The zero-order valence-electron chi connectivity index (χ0n) is 12.0. The Morgan fingerprint density at radius 1 is 1.24 bits per heavy atom. The Hall–Kier alpha value is -1.66. The number of hydrogen-bond donors (Lipinski definition) is 2. The lowest BCUT2D eigenvalue weighted by molar-refractivity contribution is 0.499. The van der Waals surface area contributed by atoms with Crippen molar-refractivity contribution in [2.24, 2.45) is 0 Å². The van der Waals surface area contributed by atoms with E-state index in [9.17, 15) is 8.42 Å². The number of rotatable bonds is 3. The first-order valence-electron chi connectivity index (χ1n) is 7.15. The predicted molar refractivity (Wildman–Crippen MR) is 84.9 cm³/mol. The van der Waals surface area contributed by atoms with Crippen LogP contribution in [0.5, 0.6) is 0 Å². The first-order chi connectivity index (χ1) is 10.1. The second kappa shape index (κ2) is 5.61. The maximum absolute atomic E-state index is 12.6. The van der Waals surface area contributed by atoms with Gasteiger partial charge in [0.05, 0.1) is 16.5 Å². The Balaban J connectivity index is 1.97. The Morgan fingerprint density at radius 3 is 2.71 bits per heavy atom. The molecular formula is C15H19N3O2S. The summed E-state index contributed by atoms with van der Waals surface area (Å²) < 4.78 is 27.9. The molecule has 1 aromatic heterocycles. The van der Waals surface area contributed by atoms with E-state index < -0.39 is 10.0 Å². The molecule has 0 saturated carbocycles. The number of pyridine rings is 1. The molecule has 0 unspecified atom stereocenters. The third-order valence-electron chi connectivity index (χ3n) is 3.82. The summed E-state index contributed by atoms with van der Waals surface area (Å²) in [5.74, 6) is 0. The fourth-order valence-corrected chi connectivity index (χ4v) is 4.23. The van der Waals surface area contributed by atoms with Crippen molar-refractivity contribution in [3.8, 4) is 0 Å². The zero-order chi connectivity index (χ0) is 14.9. The van der Waals surface area contributed by atoms with Crippen molar-refractivity contribution < 1.29 is 8.42 Å². The average Bonchev–Trinajstić information content (AvgIpc) is 2.47. The summed E-state index contributed by atoms with van der Waals surface area (Å²) in [4.78, 5) is 4.43. The molecule has 0 atom stereocenters. The van der Waals surface area contributed by atoms with Crippen LogP contribution < -0.4 is 10.0 Å². The van der Waals surface area contributed by atoms with Crippen LogP contribution >= 0.6 is 0 Å². The molecule has 0 spiro atoms. The van der Waals surface area contributed by atoms with E-state index in [2.05, 4.69) is 15.0 Å². The van der Waals surface area contributed by atoms with Gasteiger partial charge in [-0.1, -0.05) is 18.2 Å². The molecule has 0 bridgehead atoms. The van der Waals surface area contributed by atoms with Gasteiger partial charge in [-0.25, -0.2) is 8.42 Å². The highest BCUT2D eigenvalue weighted by Gasteiger charge is 2.27. The van der Waals surface area contributed by atoms with Crippen molar-refractivity contribution in [2.75, 3.05) is 17.8 Å². The molecule has 21 heavy (non-hydrogen) atoms. The number of anilines is 1. The van der Waals surface area contributed by atoms with Crippen molar-refractivity contribution in [2.45, 2.75) is 25.0 Å². The van der Waals surface area contributed by atoms with Crippen molar-refractivity contribution in [3.05, 3.63) is 36.0 Å². The van der Waals surface area contributed by atoms with E-state index in [4.69, 9.17) is 0 Å². The van der Waals surface area contributed by atoms with E-state index >= 15 is 0 Å². The summed E-state index contributed by atoms with van der Waals surface area (Å²) >= 11 is 0. The van der Waals surface area contributed by atoms with Crippen LogP contribution in [0.25, 0.3) is 10.9 Å². The van der Waals surface area contributed by atoms with Gasteiger partial charge in [0, 0.05) is 11.1 Å². The van der Waals surface area contributed by atoms with Crippen LogP contribution in [0.4, 0.5) is 5.69 Å². The number of sulfonamides is 1. The number of nitrogens with zero attached hydrogens (tertiary/aromatic N) is 1. The van der Waals surface area contributed by atoms with Gasteiger partial charge in [0.15, 0.2) is 0 Å². The Kier molecular flexibility index (Phi) is 3.82. The van der Waals surface area contributed by atoms with Gasteiger partial charge in [0.1, 0.15) is 0 Å². The molecule has 0 amide bonds. The van der Waals surface area contributed by atoms with Gasteiger partial charge in [-0.15, -0.1) is 0 Å². The first-order valence-corrected chi connectivity index (χ1v) is 8.69. The van der Waals surface area contributed by atoms with Crippen molar-refractivity contribution in [3.63, 3.8) is 0 Å². The molecule has 0 radical (unpaired) electrons. The number of para-hydroxylation sites is 1. The van der Waals surface area contributed by atoms with Crippen molar-refractivity contribution in [1.29, 1.82) is 0 Å². The van der Waals surface area contributed by atoms with E-state index in [1.807, 2.05) is 31.2 Å². The summed E-state index contributed by atoms with van der Waals surface area (Å²) in [5, 5.41) is 3.69. The number of nitrogens with one attached hydrogen (secondary N) is 2. The van der Waals surface area contributed by atoms with Gasteiger partial charge >= 0.3 is 0 Å². The molecule has 1 aliphatic rings. The quantitative estimate of drug-likeness (QED) is 0.910. The molecule has 1 aromatic carbocycles. The Morgan fingerprint density at radius 2 is 1.95 bits per heavy atom. The normalized spacial score (nSPS) is 17.0. The smallest absolute Gasteiger partial charge is 0.235 e. The molecule has 0 aliphatic carbocycles. The maximum Gasteiger partial charge on any atom is 0.235 e. The lowest BCUT2D eigenvalue weighted by Gasteiger charge is -2.23. The van der Waals surface area contributed by atoms with Gasteiger partial charge in [0.25, 0.3) is 0 Å². The number of hydrogen-bond acceptors (Lipinski definition) is 4. The molecule has 2 aromatic rings. The lowest BCUT2D eigenvalue weighted by atomic mass is 10.2. The fourth-order valence-electron chi connectivity index (χ4n) is 2.73. The number of aromatic nitrogens is 1. The number of piperidine rings is 1. The van der Waals surface area contributed by atoms with Crippen LogP contribution in [0.2, 0.25) is 0 Å². The van der Waals surface area contributed by atoms with Crippen LogP contribution in [0.1, 0.15) is 18.5 Å². The molecule has 3 rings (SSSR count). The largest absolute Gasteiger partial charge is 0.317 e. The summed E-state index contributed by atoms with van der Waals surface area (Å²) in [7, 11) is -3.36. The van der Waals surface area contributed by atoms with Crippen LogP contribution in [0, 0.1) is 6.92 Å². The summed E-state index contributed by atoms with van der Waals surface area (Å²) in [6.45, 7) is 3.37. The van der Waals surface area contributed by atoms with Crippen molar-refractivity contribution >= 4 is 26.6 Å². The van der Waals surface area contributed by atoms with Gasteiger partial charge in [-0.05, 0) is 45.0 Å². The molecular weight excluding hydrogens is 286 g/mol. The van der Waals surface area contributed by atoms with Gasteiger partial charge in [0.2, 0.25) is 10.0 Å². The fraction of sp³-hybridized carbons (Fsp3) is 0.400. The molecule has 1 fully saturated rings. The van der Waals surface area contributed by atoms with Crippen LogP contribution in [-0.2, 0) is 10.0 Å². The van der Waals surface area contributed by atoms with E-state index in [0.717, 1.165) is 29.7 Å². The molecule has 6 heteroatoms. The first kappa shape index (κ1) is 14.3. The lowest BCUT2D eigenvalue weighted by Crippen LogP contribution is -2.38. The van der Waals surface area contributed by atoms with Gasteiger partial charge in [-0.3, -0.25) is 9.71 Å². The van der Waals surface area contributed by atoms with E-state index in [0.29, 0.717) is 18.5 Å². The summed E-state index contributed by atoms with van der Waals surface area (Å²) in [5.41, 5.74) is 2.23. The molecule has 1 aliphatic heterocycles. The minimum atomic E-state index is -3.36. The van der Waals surface area contributed by atoms with Crippen molar-refractivity contribution in [1.82, 2.24) is 10.3 Å². The average molecular weight is 305 g/mol. The molecule has 5 nitrogen and oxygen atoms in total. The molecule has 112 valence electrons. The highest BCUT2D eigenvalue weighted by molar-refractivity contribution is 7.93. The van der Waals surface area contributed by atoms with Gasteiger partial charge in [-0.2, -0.15) is 0 Å². The van der Waals surface area contributed by atoms with E-state index in [-0.39, 0.29) is 5.25 Å². The minimum absolute atomic E-state index is 0.328. The molecule has 2 heterocycles. The highest BCUT2D eigenvalue weighted by Crippen LogP contribution is 2.26. The number of aryl methyl sites for hydroxylation is 1. The standard InChI is InChI=1S/C15H19N3O2S/c1-11-10-15(13-4-2-3-5-14(13)17-11)18-21(19,20)12-6-8-16-9-7-12/h2-5,10,12,16H,6-9H2,1H3,(H,17,18). The Labute approximate surface area is 124 Å².